The second-order valence-corrected chi connectivity index (χ2v) is 7.91. The summed E-state index contributed by atoms with van der Waals surface area (Å²) in [6.07, 6.45) is 7.69. The fourth-order valence-corrected chi connectivity index (χ4v) is 4.50. The van der Waals surface area contributed by atoms with Crippen LogP contribution in [0.25, 0.3) is 0 Å². The normalized spacial score (nSPS) is 18.3. The Morgan fingerprint density at radius 3 is 2.53 bits per heavy atom. The van der Waals surface area contributed by atoms with Gasteiger partial charge in [0.1, 0.15) is 4.21 Å². The molecule has 0 radical (unpaired) electrons. The van der Waals surface area contributed by atoms with Crippen molar-refractivity contribution in [2.75, 3.05) is 13.1 Å². The van der Waals surface area contributed by atoms with Gasteiger partial charge in [-0.1, -0.05) is 31.7 Å². The lowest BCUT2D eigenvalue weighted by Crippen LogP contribution is -2.36. The standard InChI is InChI=1S/C13H22N2O2S2/c16-19(17,13-8-5-11-18-13)15-10-9-14-12-6-3-1-2-4-7-12/h5,8,11-12,14-15H,1-4,6-7,9-10H2. The molecule has 108 valence electrons. The zero-order chi connectivity index (χ0) is 13.6. The highest BCUT2D eigenvalue weighted by atomic mass is 32.2. The largest absolute Gasteiger partial charge is 0.313 e. The first-order chi connectivity index (χ1) is 9.18. The molecule has 2 N–H and O–H groups in total. The first-order valence-electron chi connectivity index (χ1n) is 6.95. The molecule has 6 heteroatoms. The molecule has 0 spiro atoms. The smallest absolute Gasteiger partial charge is 0.250 e. The van der Waals surface area contributed by atoms with Gasteiger partial charge in [0.15, 0.2) is 0 Å². The minimum absolute atomic E-state index is 0.391. The molecule has 19 heavy (non-hydrogen) atoms. The van der Waals surface area contributed by atoms with E-state index in [1.54, 1.807) is 17.5 Å². The molecular formula is C13H22N2O2S2. The molecule has 1 aliphatic carbocycles. The van der Waals surface area contributed by atoms with E-state index >= 15 is 0 Å². The molecule has 0 atom stereocenters. The lowest BCUT2D eigenvalue weighted by Gasteiger charge is -2.16. The summed E-state index contributed by atoms with van der Waals surface area (Å²) in [6, 6.07) is 3.95. The average molecular weight is 302 g/mol. The second kappa shape index (κ2) is 7.38. The van der Waals surface area contributed by atoms with E-state index in [1.165, 1.54) is 49.9 Å². The minimum Gasteiger partial charge on any atom is -0.313 e. The summed E-state index contributed by atoms with van der Waals surface area (Å²) < 4.78 is 26.8. The number of thiophene rings is 1. The number of hydrogen-bond donors (Lipinski definition) is 2. The van der Waals surface area contributed by atoms with Gasteiger partial charge in [0.25, 0.3) is 0 Å². The van der Waals surface area contributed by atoms with Crippen molar-refractivity contribution in [1.82, 2.24) is 10.0 Å². The Labute approximate surface area is 119 Å². The van der Waals surface area contributed by atoms with Gasteiger partial charge in [-0.15, -0.1) is 11.3 Å². The Hall–Kier alpha value is -0.430. The third-order valence-electron chi connectivity index (χ3n) is 3.47. The Morgan fingerprint density at radius 1 is 1.16 bits per heavy atom. The maximum Gasteiger partial charge on any atom is 0.250 e. The number of hydrogen-bond acceptors (Lipinski definition) is 4. The molecule has 1 heterocycles. The van der Waals surface area contributed by atoms with E-state index in [1.807, 2.05) is 0 Å². The van der Waals surface area contributed by atoms with E-state index in [9.17, 15) is 8.42 Å². The predicted molar refractivity (Wildman–Crippen MR) is 79.0 cm³/mol. The zero-order valence-corrected chi connectivity index (χ0v) is 12.7. The van der Waals surface area contributed by atoms with Crippen LogP contribution in [0.4, 0.5) is 0 Å². The van der Waals surface area contributed by atoms with Crippen molar-refractivity contribution in [1.29, 1.82) is 0 Å². The van der Waals surface area contributed by atoms with Crippen LogP contribution in [0.15, 0.2) is 21.7 Å². The summed E-state index contributed by atoms with van der Waals surface area (Å²) in [5, 5.41) is 5.23. The molecule has 1 aliphatic rings. The lowest BCUT2D eigenvalue weighted by atomic mass is 10.1. The molecule has 0 bridgehead atoms. The molecule has 1 aromatic heterocycles. The summed E-state index contributed by atoms with van der Waals surface area (Å²) in [4.78, 5) is 0. The van der Waals surface area contributed by atoms with Crippen molar-refractivity contribution in [3.05, 3.63) is 17.5 Å². The molecule has 1 fully saturated rings. The summed E-state index contributed by atoms with van der Waals surface area (Å²) in [6.45, 7) is 1.16. The summed E-state index contributed by atoms with van der Waals surface area (Å²) in [7, 11) is -3.30. The second-order valence-electron chi connectivity index (χ2n) is 4.97. The van der Waals surface area contributed by atoms with Crippen LogP contribution in [0.1, 0.15) is 38.5 Å². The highest BCUT2D eigenvalue weighted by molar-refractivity contribution is 7.91. The molecule has 0 amide bonds. The molecule has 0 aliphatic heterocycles. The topological polar surface area (TPSA) is 58.2 Å². The van der Waals surface area contributed by atoms with Crippen molar-refractivity contribution >= 4 is 21.4 Å². The van der Waals surface area contributed by atoms with Crippen LogP contribution in [0.2, 0.25) is 0 Å². The van der Waals surface area contributed by atoms with Crippen LogP contribution in [0.3, 0.4) is 0 Å². The molecule has 4 nitrogen and oxygen atoms in total. The molecule has 0 saturated heterocycles. The molecule has 0 unspecified atom stereocenters. The van der Waals surface area contributed by atoms with Crippen LogP contribution >= 0.6 is 11.3 Å². The first-order valence-corrected chi connectivity index (χ1v) is 9.31. The lowest BCUT2D eigenvalue weighted by molar-refractivity contribution is 0.461. The summed E-state index contributed by atoms with van der Waals surface area (Å²) in [5.41, 5.74) is 0. The van der Waals surface area contributed by atoms with Gasteiger partial charge in [-0.2, -0.15) is 0 Å². The monoisotopic (exact) mass is 302 g/mol. The van der Waals surface area contributed by atoms with Gasteiger partial charge < -0.3 is 5.32 Å². The van der Waals surface area contributed by atoms with Crippen LogP contribution in [-0.2, 0) is 10.0 Å². The van der Waals surface area contributed by atoms with Gasteiger partial charge in [0, 0.05) is 19.1 Å². The summed E-state index contributed by atoms with van der Waals surface area (Å²) >= 11 is 1.25. The first kappa shape index (κ1) is 15.0. The maximum absolute atomic E-state index is 11.9. The van der Waals surface area contributed by atoms with E-state index < -0.39 is 10.0 Å². The summed E-state index contributed by atoms with van der Waals surface area (Å²) in [5.74, 6) is 0. The fourth-order valence-electron chi connectivity index (χ4n) is 2.43. The highest BCUT2D eigenvalue weighted by Crippen LogP contribution is 2.17. The Kier molecular flexibility index (Phi) is 5.81. The van der Waals surface area contributed by atoms with Gasteiger partial charge in [-0.05, 0) is 24.3 Å². The molecule has 2 rings (SSSR count). The van der Waals surface area contributed by atoms with E-state index in [-0.39, 0.29) is 0 Å². The van der Waals surface area contributed by atoms with Gasteiger partial charge in [0.05, 0.1) is 0 Å². The van der Waals surface area contributed by atoms with E-state index in [4.69, 9.17) is 0 Å². The molecule has 1 saturated carbocycles. The Morgan fingerprint density at radius 2 is 1.89 bits per heavy atom. The number of sulfonamides is 1. The van der Waals surface area contributed by atoms with Gasteiger partial charge in [-0.3, -0.25) is 0 Å². The van der Waals surface area contributed by atoms with E-state index in [0.717, 1.165) is 0 Å². The average Bonchev–Trinajstić information content (AvgIpc) is 2.81. The van der Waals surface area contributed by atoms with Crippen molar-refractivity contribution in [3.63, 3.8) is 0 Å². The molecular weight excluding hydrogens is 280 g/mol. The minimum atomic E-state index is -3.30. The number of rotatable bonds is 6. The molecule has 0 aromatic carbocycles. The number of nitrogens with one attached hydrogen (secondary N) is 2. The predicted octanol–water partition coefficient (Wildman–Crippen LogP) is 2.34. The van der Waals surface area contributed by atoms with Gasteiger partial charge in [0.2, 0.25) is 10.0 Å². The van der Waals surface area contributed by atoms with Crippen molar-refractivity contribution in [2.45, 2.75) is 48.8 Å². The fraction of sp³-hybridized carbons (Fsp3) is 0.692. The van der Waals surface area contributed by atoms with Crippen molar-refractivity contribution in [3.8, 4) is 0 Å². The van der Waals surface area contributed by atoms with Crippen molar-refractivity contribution < 1.29 is 8.42 Å². The van der Waals surface area contributed by atoms with Crippen LogP contribution in [0, 0.1) is 0 Å². The van der Waals surface area contributed by atoms with Gasteiger partial charge in [-0.25, -0.2) is 13.1 Å². The third kappa shape index (κ3) is 4.87. The van der Waals surface area contributed by atoms with Crippen molar-refractivity contribution in [2.24, 2.45) is 0 Å². The van der Waals surface area contributed by atoms with Gasteiger partial charge >= 0.3 is 0 Å². The van der Waals surface area contributed by atoms with E-state index in [2.05, 4.69) is 10.0 Å². The van der Waals surface area contributed by atoms with Crippen LogP contribution in [-0.4, -0.2) is 27.5 Å². The maximum atomic E-state index is 11.9. The SMILES string of the molecule is O=S(=O)(NCCNC1CCCCCC1)c1cccs1. The van der Waals surface area contributed by atoms with Crippen LogP contribution in [0.5, 0.6) is 0 Å². The highest BCUT2D eigenvalue weighted by Gasteiger charge is 2.15. The third-order valence-corrected chi connectivity index (χ3v) is 6.32. The zero-order valence-electron chi connectivity index (χ0n) is 11.1. The Balaban J connectivity index is 1.69. The quantitative estimate of drug-likeness (QED) is 0.626. The Bertz CT molecular complexity index is 449. The van der Waals surface area contributed by atoms with E-state index in [0.29, 0.717) is 23.3 Å². The van der Waals surface area contributed by atoms with Crippen LogP contribution < -0.4 is 10.0 Å². The molecule has 1 aromatic rings.